The predicted octanol–water partition coefficient (Wildman–Crippen LogP) is 2.25. The van der Waals surface area contributed by atoms with Crippen molar-refractivity contribution in [1.82, 2.24) is 4.98 Å². The summed E-state index contributed by atoms with van der Waals surface area (Å²) in [6, 6.07) is 3.45. The third-order valence-electron chi connectivity index (χ3n) is 2.59. The minimum atomic E-state index is -1.51. The van der Waals surface area contributed by atoms with Gasteiger partial charge in [-0.1, -0.05) is 26.8 Å². The van der Waals surface area contributed by atoms with E-state index in [9.17, 15) is 4.39 Å². The van der Waals surface area contributed by atoms with Crippen molar-refractivity contribution in [2.45, 2.75) is 26.4 Å². The Labute approximate surface area is 84.3 Å². The molecule has 0 saturated carbocycles. The SMILES string of the molecule is CC(C)(C)C(F)(CN)c1cccnc1. The number of pyridine rings is 1. The first kappa shape index (κ1) is 11.1. The normalized spacial score (nSPS) is 16.4. The molecule has 0 saturated heterocycles. The average molecular weight is 196 g/mol. The molecular weight excluding hydrogens is 179 g/mol. The van der Waals surface area contributed by atoms with Crippen molar-refractivity contribution in [3.63, 3.8) is 0 Å². The molecule has 0 radical (unpaired) electrons. The van der Waals surface area contributed by atoms with Gasteiger partial charge >= 0.3 is 0 Å². The molecule has 2 nitrogen and oxygen atoms in total. The zero-order valence-electron chi connectivity index (χ0n) is 8.92. The third kappa shape index (κ3) is 1.77. The van der Waals surface area contributed by atoms with E-state index in [-0.39, 0.29) is 6.54 Å². The average Bonchev–Trinajstić information content (AvgIpc) is 2.16. The highest BCUT2D eigenvalue weighted by Crippen LogP contribution is 2.41. The molecular formula is C11H17FN2. The fourth-order valence-electron chi connectivity index (χ4n) is 1.45. The molecule has 0 aliphatic rings. The quantitative estimate of drug-likeness (QED) is 0.788. The van der Waals surface area contributed by atoms with Crippen LogP contribution in [-0.4, -0.2) is 11.5 Å². The molecule has 0 fully saturated rings. The molecule has 0 amide bonds. The van der Waals surface area contributed by atoms with E-state index in [1.165, 1.54) is 6.20 Å². The van der Waals surface area contributed by atoms with Crippen molar-refractivity contribution in [3.05, 3.63) is 30.1 Å². The Morgan fingerprint density at radius 1 is 1.43 bits per heavy atom. The number of halogens is 1. The zero-order chi connectivity index (χ0) is 10.8. The molecule has 1 aromatic rings. The van der Waals surface area contributed by atoms with Crippen LogP contribution in [0.5, 0.6) is 0 Å². The van der Waals surface area contributed by atoms with Gasteiger partial charge in [0.15, 0.2) is 5.67 Å². The van der Waals surface area contributed by atoms with Crippen molar-refractivity contribution in [3.8, 4) is 0 Å². The van der Waals surface area contributed by atoms with E-state index in [0.717, 1.165) is 0 Å². The lowest BCUT2D eigenvalue weighted by molar-refractivity contribution is 0.0340. The number of aromatic nitrogens is 1. The van der Waals surface area contributed by atoms with Gasteiger partial charge < -0.3 is 5.73 Å². The molecule has 0 aromatic carbocycles. The molecule has 2 N–H and O–H groups in total. The lowest BCUT2D eigenvalue weighted by Crippen LogP contribution is -2.42. The topological polar surface area (TPSA) is 38.9 Å². The van der Waals surface area contributed by atoms with Crippen LogP contribution in [0.25, 0.3) is 0 Å². The second-order valence-electron chi connectivity index (χ2n) is 4.50. The van der Waals surface area contributed by atoms with E-state index in [1.54, 1.807) is 18.3 Å². The summed E-state index contributed by atoms with van der Waals surface area (Å²) >= 11 is 0. The highest BCUT2D eigenvalue weighted by atomic mass is 19.1. The van der Waals surface area contributed by atoms with Gasteiger partial charge in [0.1, 0.15) is 0 Å². The maximum atomic E-state index is 14.6. The van der Waals surface area contributed by atoms with Gasteiger partial charge in [-0.25, -0.2) is 4.39 Å². The van der Waals surface area contributed by atoms with Gasteiger partial charge in [-0.15, -0.1) is 0 Å². The van der Waals surface area contributed by atoms with Gasteiger partial charge in [0.2, 0.25) is 0 Å². The molecule has 1 rings (SSSR count). The van der Waals surface area contributed by atoms with Gasteiger partial charge in [0.25, 0.3) is 0 Å². The maximum Gasteiger partial charge on any atom is 0.154 e. The number of alkyl halides is 1. The van der Waals surface area contributed by atoms with Crippen LogP contribution in [0.3, 0.4) is 0 Å². The number of nitrogens with two attached hydrogens (primary N) is 1. The van der Waals surface area contributed by atoms with Crippen LogP contribution in [0, 0.1) is 5.41 Å². The molecule has 0 spiro atoms. The van der Waals surface area contributed by atoms with Crippen LogP contribution in [-0.2, 0) is 5.67 Å². The molecule has 1 heterocycles. The molecule has 1 atom stereocenters. The zero-order valence-corrected chi connectivity index (χ0v) is 8.92. The Morgan fingerprint density at radius 2 is 2.07 bits per heavy atom. The van der Waals surface area contributed by atoms with Crippen LogP contribution in [0.15, 0.2) is 24.5 Å². The summed E-state index contributed by atoms with van der Waals surface area (Å²) in [6.07, 6.45) is 3.17. The summed E-state index contributed by atoms with van der Waals surface area (Å²) < 4.78 is 14.6. The predicted molar refractivity (Wildman–Crippen MR) is 55.5 cm³/mol. The van der Waals surface area contributed by atoms with Gasteiger partial charge in [-0.05, 0) is 6.07 Å². The Morgan fingerprint density at radius 3 is 2.43 bits per heavy atom. The molecule has 3 heteroatoms. The first-order valence-electron chi connectivity index (χ1n) is 4.71. The van der Waals surface area contributed by atoms with Gasteiger partial charge in [-0.2, -0.15) is 0 Å². The number of nitrogens with zero attached hydrogens (tertiary/aromatic N) is 1. The number of rotatable bonds is 2. The van der Waals surface area contributed by atoms with Crippen molar-refractivity contribution in [2.75, 3.05) is 6.54 Å². The van der Waals surface area contributed by atoms with Crippen molar-refractivity contribution in [2.24, 2.45) is 11.1 Å². The highest BCUT2D eigenvalue weighted by molar-refractivity contribution is 5.21. The summed E-state index contributed by atoms with van der Waals surface area (Å²) in [5, 5.41) is 0. The van der Waals surface area contributed by atoms with E-state index in [4.69, 9.17) is 5.73 Å². The van der Waals surface area contributed by atoms with Crippen LogP contribution >= 0.6 is 0 Å². The van der Waals surface area contributed by atoms with Crippen molar-refractivity contribution < 1.29 is 4.39 Å². The van der Waals surface area contributed by atoms with E-state index in [2.05, 4.69) is 4.98 Å². The molecule has 0 aliphatic heterocycles. The monoisotopic (exact) mass is 196 g/mol. The Hall–Kier alpha value is -0.960. The Kier molecular flexibility index (Phi) is 2.90. The van der Waals surface area contributed by atoms with E-state index >= 15 is 0 Å². The first-order chi connectivity index (χ1) is 6.42. The molecule has 0 aliphatic carbocycles. The van der Waals surface area contributed by atoms with Crippen molar-refractivity contribution >= 4 is 0 Å². The van der Waals surface area contributed by atoms with Crippen LogP contribution in [0.4, 0.5) is 4.39 Å². The van der Waals surface area contributed by atoms with E-state index in [0.29, 0.717) is 5.56 Å². The summed E-state index contributed by atoms with van der Waals surface area (Å²) in [5.74, 6) is 0. The smallest absolute Gasteiger partial charge is 0.154 e. The molecule has 0 bridgehead atoms. The summed E-state index contributed by atoms with van der Waals surface area (Å²) in [5.41, 5.74) is 4.04. The summed E-state index contributed by atoms with van der Waals surface area (Å²) in [6.45, 7) is 5.49. The number of hydrogen-bond donors (Lipinski definition) is 1. The second kappa shape index (κ2) is 3.65. The van der Waals surface area contributed by atoms with Gasteiger partial charge in [0, 0.05) is 29.9 Å². The standard InChI is InChI=1S/C11H17FN2/c1-10(2,3)11(12,8-13)9-5-4-6-14-7-9/h4-7H,8,13H2,1-3H3. The van der Waals surface area contributed by atoms with Crippen LogP contribution in [0.1, 0.15) is 26.3 Å². The lowest BCUT2D eigenvalue weighted by Gasteiger charge is -2.36. The maximum absolute atomic E-state index is 14.6. The van der Waals surface area contributed by atoms with E-state index in [1.807, 2.05) is 20.8 Å². The summed E-state index contributed by atoms with van der Waals surface area (Å²) in [4.78, 5) is 3.92. The van der Waals surface area contributed by atoms with Crippen LogP contribution < -0.4 is 5.73 Å². The summed E-state index contributed by atoms with van der Waals surface area (Å²) in [7, 11) is 0. The largest absolute Gasteiger partial charge is 0.327 e. The van der Waals surface area contributed by atoms with Crippen molar-refractivity contribution in [1.29, 1.82) is 0 Å². The Balaban J connectivity index is 3.15. The molecule has 1 unspecified atom stereocenters. The fourth-order valence-corrected chi connectivity index (χ4v) is 1.45. The minimum absolute atomic E-state index is 0.0256. The molecule has 1 aromatic heterocycles. The van der Waals surface area contributed by atoms with Gasteiger partial charge in [0.05, 0.1) is 0 Å². The first-order valence-corrected chi connectivity index (χ1v) is 4.71. The highest BCUT2D eigenvalue weighted by Gasteiger charge is 2.42. The number of hydrogen-bond acceptors (Lipinski definition) is 2. The van der Waals surface area contributed by atoms with Gasteiger partial charge in [-0.3, -0.25) is 4.98 Å². The molecule has 14 heavy (non-hydrogen) atoms. The fraction of sp³-hybridized carbons (Fsp3) is 0.545. The third-order valence-corrected chi connectivity index (χ3v) is 2.59. The molecule has 78 valence electrons. The van der Waals surface area contributed by atoms with E-state index < -0.39 is 11.1 Å². The lowest BCUT2D eigenvalue weighted by atomic mass is 9.74. The minimum Gasteiger partial charge on any atom is -0.327 e. The Bertz CT molecular complexity index is 292. The second-order valence-corrected chi connectivity index (χ2v) is 4.50. The van der Waals surface area contributed by atoms with Crippen LogP contribution in [0.2, 0.25) is 0 Å².